The molecule has 9 aromatic carbocycles. The molecule has 0 unspecified atom stereocenters. The zero-order valence-corrected chi connectivity index (χ0v) is 48.0. The van der Waals surface area contributed by atoms with Crippen LogP contribution in [0.2, 0.25) is 0 Å². The Hall–Kier alpha value is -11.1. The molecule has 0 radical (unpaired) electrons. The van der Waals surface area contributed by atoms with Crippen LogP contribution in [-0.2, 0) is 0 Å². The van der Waals surface area contributed by atoms with Gasteiger partial charge in [-0.2, -0.15) is 0 Å². The van der Waals surface area contributed by atoms with E-state index >= 15 is 0 Å². The number of pyridine rings is 4. The van der Waals surface area contributed by atoms with Crippen LogP contribution in [0.5, 0.6) is 0 Å². The summed E-state index contributed by atoms with van der Waals surface area (Å²) in [7, 11) is 0. The molecule has 1 aliphatic rings. The molecule has 0 spiro atoms. The van der Waals surface area contributed by atoms with Gasteiger partial charge < -0.3 is 9.13 Å². The molecule has 0 saturated heterocycles. The number of aromatic nitrogens is 6. The van der Waals surface area contributed by atoms with Gasteiger partial charge in [-0.15, -0.1) is 11.3 Å². The van der Waals surface area contributed by atoms with Crippen molar-refractivity contribution in [2.45, 2.75) is 12.8 Å². The molecule has 0 fully saturated rings. The van der Waals surface area contributed by atoms with Gasteiger partial charge in [0.2, 0.25) is 0 Å². The van der Waals surface area contributed by atoms with E-state index in [0.717, 1.165) is 124 Å². The highest BCUT2D eigenvalue weighted by Crippen LogP contribution is 2.44. The molecule has 7 aromatic heterocycles. The van der Waals surface area contributed by atoms with E-state index in [1.54, 1.807) is 0 Å². The average Bonchev–Trinajstić information content (AvgIpc) is 2.06. The Balaban J connectivity index is 0.819. The number of fused-ring (bicyclic) bond motifs is 9. The van der Waals surface area contributed by atoms with Crippen LogP contribution in [0.25, 0.3) is 159 Å². The van der Waals surface area contributed by atoms with Crippen molar-refractivity contribution < 1.29 is 0 Å². The molecule has 17 rings (SSSR count). The molecule has 0 bridgehead atoms. The van der Waals surface area contributed by atoms with Gasteiger partial charge >= 0.3 is 0 Å². The van der Waals surface area contributed by atoms with E-state index in [0.29, 0.717) is 0 Å². The quantitative estimate of drug-likeness (QED) is 0.137. The normalized spacial score (nSPS) is 12.5. The summed E-state index contributed by atoms with van der Waals surface area (Å²) in [6.45, 7) is 0. The molecule has 0 atom stereocenters. The number of nitrogens with zero attached hydrogens (tertiary/aromatic N) is 6. The first-order valence-electron chi connectivity index (χ1n) is 29.6. The van der Waals surface area contributed by atoms with E-state index in [4.69, 9.17) is 19.9 Å². The fourth-order valence-electron chi connectivity index (χ4n) is 13.1. The Labute approximate surface area is 506 Å². The first-order valence-corrected chi connectivity index (χ1v) is 30.4. The second-order valence-electron chi connectivity index (χ2n) is 22.7. The van der Waals surface area contributed by atoms with Gasteiger partial charge in [-0.05, 0) is 172 Å². The molecule has 0 amide bonds. The zero-order chi connectivity index (χ0) is 57.4. The third kappa shape index (κ3) is 8.94. The lowest BCUT2D eigenvalue weighted by molar-refractivity contribution is 1.05. The highest BCUT2D eigenvalue weighted by atomic mass is 32.1. The smallest absolute Gasteiger partial charge is 0.0541 e. The van der Waals surface area contributed by atoms with Gasteiger partial charge in [-0.25, -0.2) is 0 Å². The third-order valence-electron chi connectivity index (χ3n) is 17.5. The summed E-state index contributed by atoms with van der Waals surface area (Å²) in [6.07, 6.45) is 24.5. The number of hydrogen-bond donors (Lipinski definition) is 0. The second-order valence-corrected chi connectivity index (χ2v) is 23.8. The summed E-state index contributed by atoms with van der Waals surface area (Å²) in [5.74, 6) is 0. The molecule has 1 aliphatic carbocycles. The van der Waals surface area contributed by atoms with E-state index in [9.17, 15) is 0 Å². The highest BCUT2D eigenvalue weighted by molar-refractivity contribution is 7.25. The minimum atomic E-state index is 1.01. The molecule has 7 heterocycles. The SMILES string of the molecule is C1=CCCC(c2cncc(-c3ccc4c(c3)c3cc(-c5cncc(-c6ccccc6)c5)ccc3n4-c3ccc4sc5ccc(-n6c7ccc(-c8cncc(-c9ccccc9)c8)cc7c7cc(-c8cncc(-c9ccccc9)c8)ccc76)cc5c4c3)c2)=C1. The van der Waals surface area contributed by atoms with Crippen LogP contribution in [-0.4, -0.2) is 29.1 Å². The van der Waals surface area contributed by atoms with Gasteiger partial charge in [0.05, 0.1) is 22.1 Å². The van der Waals surface area contributed by atoms with Crippen molar-refractivity contribution in [2.24, 2.45) is 0 Å². The van der Waals surface area contributed by atoms with E-state index in [2.05, 4.69) is 252 Å². The van der Waals surface area contributed by atoms with E-state index in [-0.39, 0.29) is 0 Å². The summed E-state index contributed by atoms with van der Waals surface area (Å²) in [5, 5.41) is 7.13. The fourth-order valence-corrected chi connectivity index (χ4v) is 14.2. The maximum absolute atomic E-state index is 4.79. The van der Waals surface area contributed by atoms with E-state index in [1.807, 2.05) is 60.9 Å². The zero-order valence-electron chi connectivity index (χ0n) is 47.2. The molecule has 6 nitrogen and oxygen atoms in total. The summed E-state index contributed by atoms with van der Waals surface area (Å²) >= 11 is 1.85. The number of rotatable bonds is 10. The van der Waals surface area contributed by atoms with Crippen molar-refractivity contribution >= 4 is 80.7 Å². The van der Waals surface area contributed by atoms with Crippen molar-refractivity contribution in [3.63, 3.8) is 0 Å². The predicted molar refractivity (Wildman–Crippen MR) is 364 cm³/mol. The van der Waals surface area contributed by atoms with Crippen LogP contribution in [0.15, 0.2) is 292 Å². The van der Waals surface area contributed by atoms with Gasteiger partial charge in [-0.3, -0.25) is 19.9 Å². The molecule has 7 heteroatoms. The lowest BCUT2D eigenvalue weighted by Gasteiger charge is -2.11. The van der Waals surface area contributed by atoms with Crippen molar-refractivity contribution in [3.05, 3.63) is 298 Å². The molecule has 0 saturated carbocycles. The van der Waals surface area contributed by atoms with Gasteiger partial charge in [-0.1, -0.05) is 133 Å². The summed E-state index contributed by atoms with van der Waals surface area (Å²) < 4.78 is 7.39. The molecular formula is C80H52N6S. The summed E-state index contributed by atoms with van der Waals surface area (Å²) in [6, 6.07) is 82.2. The first-order chi connectivity index (χ1) is 43.1. The van der Waals surface area contributed by atoms with Gasteiger partial charge in [0.1, 0.15) is 0 Å². The van der Waals surface area contributed by atoms with Gasteiger partial charge in [0.15, 0.2) is 0 Å². The van der Waals surface area contributed by atoms with Crippen molar-refractivity contribution in [1.29, 1.82) is 0 Å². The minimum absolute atomic E-state index is 1.01. The molecule has 0 aliphatic heterocycles. The van der Waals surface area contributed by atoms with Gasteiger partial charge in [0, 0.05) is 142 Å². The minimum Gasteiger partial charge on any atom is -0.309 e. The monoisotopic (exact) mass is 1130 g/mol. The van der Waals surface area contributed by atoms with Crippen molar-refractivity contribution in [3.8, 4) is 89.3 Å². The third-order valence-corrected chi connectivity index (χ3v) is 18.6. The molecule has 87 heavy (non-hydrogen) atoms. The maximum Gasteiger partial charge on any atom is 0.0541 e. The lowest BCUT2D eigenvalue weighted by atomic mass is 9.96. The van der Waals surface area contributed by atoms with Crippen molar-refractivity contribution in [2.75, 3.05) is 0 Å². The standard InChI is InChI=1S/C80H52N6S/c1-5-13-51(14-6-1)59-33-63(47-81-43-59)55-21-27-75-69(37-55)70-38-56(64-34-60(44-82-48-64)52-15-7-2-8-16-52)22-28-76(70)85(75)67-25-31-79-73(41-67)74-42-68(26-32-80(74)87-79)86-77-29-23-57(65-35-61(45-83-49-65)53-17-9-3-10-18-53)39-71(77)72-40-58(24-30-78(72)86)66-36-62(46-84-50-66)54-19-11-4-12-20-54/h1-11,13-19,21-50H,12,20H2. The second kappa shape index (κ2) is 20.9. The number of benzene rings is 9. The Kier molecular flexibility index (Phi) is 12.1. The molecule has 0 N–H and O–H groups in total. The fraction of sp³-hybridized carbons (Fsp3) is 0.0250. The first kappa shape index (κ1) is 50.4. The number of thiophene rings is 1. The van der Waals surface area contributed by atoms with Crippen molar-refractivity contribution in [1.82, 2.24) is 29.1 Å². The highest BCUT2D eigenvalue weighted by Gasteiger charge is 2.20. The molecular weight excluding hydrogens is 1080 g/mol. The van der Waals surface area contributed by atoms with Crippen LogP contribution < -0.4 is 0 Å². The Morgan fingerprint density at radius 3 is 0.954 bits per heavy atom. The Bertz CT molecular complexity index is 5320. The van der Waals surface area contributed by atoms with E-state index < -0.39 is 0 Å². The number of allylic oxidation sites excluding steroid dienone is 4. The summed E-state index contributed by atoms with van der Waals surface area (Å²) in [5.41, 5.74) is 24.7. The van der Waals surface area contributed by atoms with Crippen LogP contribution >= 0.6 is 11.3 Å². The van der Waals surface area contributed by atoms with Gasteiger partial charge in [0.25, 0.3) is 0 Å². The maximum atomic E-state index is 4.79. The predicted octanol–water partition coefficient (Wildman–Crippen LogP) is 21.2. The molecule has 408 valence electrons. The Morgan fingerprint density at radius 2 is 0.609 bits per heavy atom. The topological polar surface area (TPSA) is 61.4 Å². The van der Waals surface area contributed by atoms with Crippen LogP contribution in [0.1, 0.15) is 18.4 Å². The van der Waals surface area contributed by atoms with Crippen LogP contribution in [0, 0.1) is 0 Å². The molecule has 16 aromatic rings. The van der Waals surface area contributed by atoms with E-state index in [1.165, 1.54) is 52.9 Å². The largest absolute Gasteiger partial charge is 0.309 e. The number of hydrogen-bond acceptors (Lipinski definition) is 5. The average molecular weight is 1130 g/mol. The van der Waals surface area contributed by atoms with Crippen LogP contribution in [0.3, 0.4) is 0 Å². The van der Waals surface area contributed by atoms with Crippen LogP contribution in [0.4, 0.5) is 0 Å². The lowest BCUT2D eigenvalue weighted by Crippen LogP contribution is -1.94. The Morgan fingerprint density at radius 1 is 0.276 bits per heavy atom. The summed E-state index contributed by atoms with van der Waals surface area (Å²) in [4.78, 5) is 19.1.